The smallest absolute Gasteiger partial charge is 0.261 e. The van der Waals surface area contributed by atoms with Gasteiger partial charge in [0.25, 0.3) is 5.91 Å². The summed E-state index contributed by atoms with van der Waals surface area (Å²) in [4.78, 5) is 13.4. The number of thioether (sulfide) groups is 1. The quantitative estimate of drug-likeness (QED) is 0.851. The highest BCUT2D eigenvalue weighted by Crippen LogP contribution is 2.27. The second-order valence-electron chi connectivity index (χ2n) is 4.62. The average molecular weight is 323 g/mol. The van der Waals surface area contributed by atoms with Gasteiger partial charge in [-0.25, -0.2) is 0 Å². The minimum atomic E-state index is -0.244. The van der Waals surface area contributed by atoms with Gasteiger partial charge in [0, 0.05) is 10.8 Å². The predicted octanol–water partition coefficient (Wildman–Crippen LogP) is 3.64. The first-order valence-corrected chi connectivity index (χ1v) is 8.46. The lowest BCUT2D eigenvalue weighted by atomic mass is 10.2. The minimum Gasteiger partial charge on any atom is -0.496 e. The van der Waals surface area contributed by atoms with E-state index in [1.807, 2.05) is 32.2 Å². The maximum Gasteiger partial charge on any atom is 0.261 e. The third-order valence-corrected chi connectivity index (χ3v) is 4.67. The van der Waals surface area contributed by atoms with Crippen LogP contribution in [0.3, 0.4) is 0 Å². The minimum absolute atomic E-state index is 0.244. The first-order valence-electron chi connectivity index (χ1n) is 6.42. The van der Waals surface area contributed by atoms with Crippen LogP contribution in [0.2, 0.25) is 0 Å². The lowest BCUT2D eigenvalue weighted by Gasteiger charge is -2.09. The highest BCUT2D eigenvalue weighted by atomic mass is 32.2. The van der Waals surface area contributed by atoms with Crippen LogP contribution in [0.25, 0.3) is 0 Å². The van der Waals surface area contributed by atoms with Crippen molar-refractivity contribution in [2.75, 3.05) is 18.7 Å². The molecule has 0 bridgehead atoms. The van der Waals surface area contributed by atoms with Gasteiger partial charge in [-0.05, 0) is 24.5 Å². The second kappa shape index (κ2) is 6.91. The Morgan fingerprint density at radius 2 is 2.14 bits per heavy atom. The summed E-state index contributed by atoms with van der Waals surface area (Å²) in [6, 6.07) is 5.49. The Kier molecular flexibility index (Phi) is 5.19. The number of carbonyl (C=O) groups excluding carboxylic acids is 1. The molecule has 0 saturated carbocycles. The first kappa shape index (κ1) is 15.8. The molecule has 7 heteroatoms. The number of benzene rings is 1. The molecule has 0 atom stereocenters. The number of hydrogen-bond acceptors (Lipinski definition) is 6. The van der Waals surface area contributed by atoms with E-state index in [1.54, 1.807) is 24.9 Å². The number of rotatable bonds is 5. The van der Waals surface area contributed by atoms with Gasteiger partial charge in [-0.2, -0.15) is 0 Å². The predicted molar refractivity (Wildman–Crippen MR) is 86.7 cm³/mol. The molecule has 0 fully saturated rings. The monoisotopic (exact) mass is 323 g/mol. The van der Waals surface area contributed by atoms with Crippen molar-refractivity contribution < 1.29 is 9.53 Å². The van der Waals surface area contributed by atoms with E-state index in [-0.39, 0.29) is 5.91 Å². The van der Waals surface area contributed by atoms with Crippen LogP contribution in [-0.2, 0) is 0 Å². The van der Waals surface area contributed by atoms with Crippen molar-refractivity contribution in [3.63, 3.8) is 0 Å². The highest BCUT2D eigenvalue weighted by molar-refractivity contribution is 7.98. The molecule has 2 rings (SSSR count). The standard InChI is InChI=1S/C14H17N3O2S2/c1-8(2)13-16-17-14(21-13)15-12(18)10-6-5-9(20-4)7-11(10)19-3/h5-8H,1-4H3,(H,15,17,18). The van der Waals surface area contributed by atoms with Crippen molar-refractivity contribution in [3.05, 3.63) is 28.8 Å². The average Bonchev–Trinajstić information content (AvgIpc) is 2.95. The molecule has 0 saturated heterocycles. The number of methoxy groups -OCH3 is 1. The molecular formula is C14H17N3O2S2. The lowest BCUT2D eigenvalue weighted by molar-refractivity contribution is 0.102. The Balaban J connectivity index is 2.19. The number of aromatic nitrogens is 2. The Labute approximate surface area is 132 Å². The maximum absolute atomic E-state index is 12.3. The van der Waals surface area contributed by atoms with E-state index in [4.69, 9.17) is 4.74 Å². The summed E-state index contributed by atoms with van der Waals surface area (Å²) in [5.41, 5.74) is 0.483. The molecule has 5 nitrogen and oxygen atoms in total. The van der Waals surface area contributed by atoms with Gasteiger partial charge in [0.05, 0.1) is 12.7 Å². The van der Waals surface area contributed by atoms with Gasteiger partial charge in [0.15, 0.2) is 0 Å². The number of nitrogens with zero attached hydrogens (tertiary/aromatic N) is 2. The normalized spacial score (nSPS) is 10.7. The van der Waals surface area contributed by atoms with Gasteiger partial charge in [-0.3, -0.25) is 10.1 Å². The zero-order valence-corrected chi connectivity index (χ0v) is 14.0. The van der Waals surface area contributed by atoms with E-state index in [0.717, 1.165) is 9.90 Å². The van der Waals surface area contributed by atoms with Crippen molar-refractivity contribution in [2.45, 2.75) is 24.7 Å². The highest BCUT2D eigenvalue weighted by Gasteiger charge is 2.16. The SMILES string of the molecule is COc1cc(SC)ccc1C(=O)Nc1nnc(C(C)C)s1. The van der Waals surface area contributed by atoms with Crippen LogP contribution in [-0.4, -0.2) is 29.5 Å². The number of nitrogens with one attached hydrogen (secondary N) is 1. The topological polar surface area (TPSA) is 64.1 Å². The number of ether oxygens (including phenoxy) is 1. The largest absolute Gasteiger partial charge is 0.496 e. The fraction of sp³-hybridized carbons (Fsp3) is 0.357. The van der Waals surface area contributed by atoms with Crippen molar-refractivity contribution in [3.8, 4) is 5.75 Å². The third-order valence-electron chi connectivity index (χ3n) is 2.81. The van der Waals surface area contributed by atoms with Crippen LogP contribution < -0.4 is 10.1 Å². The van der Waals surface area contributed by atoms with E-state index in [1.165, 1.54) is 11.3 Å². The van der Waals surface area contributed by atoms with E-state index < -0.39 is 0 Å². The van der Waals surface area contributed by atoms with E-state index in [9.17, 15) is 4.79 Å². The van der Waals surface area contributed by atoms with E-state index >= 15 is 0 Å². The molecule has 0 aliphatic carbocycles. The van der Waals surface area contributed by atoms with E-state index in [0.29, 0.717) is 22.4 Å². The second-order valence-corrected chi connectivity index (χ2v) is 6.51. The molecule has 2 aromatic rings. The molecule has 21 heavy (non-hydrogen) atoms. The van der Waals surface area contributed by atoms with Crippen molar-refractivity contribution >= 4 is 34.1 Å². The maximum atomic E-state index is 12.3. The van der Waals surface area contributed by atoms with Crippen LogP contribution in [0.15, 0.2) is 23.1 Å². The summed E-state index contributed by atoms with van der Waals surface area (Å²) in [6.45, 7) is 4.08. The van der Waals surface area contributed by atoms with Gasteiger partial charge in [-0.15, -0.1) is 22.0 Å². The molecule has 1 amide bonds. The van der Waals surface area contributed by atoms with Gasteiger partial charge < -0.3 is 4.74 Å². The molecular weight excluding hydrogens is 306 g/mol. The summed E-state index contributed by atoms with van der Waals surface area (Å²) in [5.74, 6) is 0.599. The molecule has 1 aromatic heterocycles. The Morgan fingerprint density at radius 3 is 2.71 bits per heavy atom. The zero-order valence-electron chi connectivity index (χ0n) is 12.3. The molecule has 0 aliphatic rings. The molecule has 0 unspecified atom stereocenters. The van der Waals surface area contributed by atoms with Crippen molar-refractivity contribution in [1.29, 1.82) is 0 Å². The zero-order chi connectivity index (χ0) is 15.4. The van der Waals surface area contributed by atoms with Crippen LogP contribution in [0.1, 0.15) is 35.1 Å². The van der Waals surface area contributed by atoms with Crippen LogP contribution in [0, 0.1) is 0 Å². The molecule has 0 radical (unpaired) electrons. The van der Waals surface area contributed by atoms with Crippen LogP contribution >= 0.6 is 23.1 Å². The van der Waals surface area contributed by atoms with Gasteiger partial charge in [-0.1, -0.05) is 25.2 Å². The lowest BCUT2D eigenvalue weighted by Crippen LogP contribution is -2.13. The number of hydrogen-bond donors (Lipinski definition) is 1. The Morgan fingerprint density at radius 1 is 1.38 bits per heavy atom. The van der Waals surface area contributed by atoms with Gasteiger partial charge >= 0.3 is 0 Å². The van der Waals surface area contributed by atoms with E-state index in [2.05, 4.69) is 15.5 Å². The molecule has 1 N–H and O–H groups in total. The fourth-order valence-corrected chi connectivity index (χ4v) is 2.84. The third kappa shape index (κ3) is 3.74. The summed E-state index contributed by atoms with van der Waals surface area (Å²) in [7, 11) is 1.55. The Hall–Kier alpha value is -1.60. The van der Waals surface area contributed by atoms with Crippen molar-refractivity contribution in [2.24, 2.45) is 0 Å². The van der Waals surface area contributed by atoms with Crippen LogP contribution in [0.5, 0.6) is 5.75 Å². The van der Waals surface area contributed by atoms with Gasteiger partial charge in [0.2, 0.25) is 5.13 Å². The summed E-state index contributed by atoms with van der Waals surface area (Å²) in [5, 5.41) is 12.2. The summed E-state index contributed by atoms with van der Waals surface area (Å²) >= 11 is 2.98. The van der Waals surface area contributed by atoms with Gasteiger partial charge in [0.1, 0.15) is 10.8 Å². The van der Waals surface area contributed by atoms with Crippen LogP contribution in [0.4, 0.5) is 5.13 Å². The number of carbonyl (C=O) groups is 1. The molecule has 1 heterocycles. The summed E-state index contributed by atoms with van der Waals surface area (Å²) in [6.07, 6.45) is 1.98. The fourth-order valence-electron chi connectivity index (χ4n) is 1.67. The first-order chi connectivity index (χ1) is 10.0. The Bertz CT molecular complexity index is 641. The summed E-state index contributed by atoms with van der Waals surface area (Å²) < 4.78 is 5.28. The number of amides is 1. The molecule has 112 valence electrons. The number of anilines is 1. The van der Waals surface area contributed by atoms with Crippen molar-refractivity contribution in [1.82, 2.24) is 10.2 Å². The molecule has 0 spiro atoms. The molecule has 0 aliphatic heterocycles. The molecule has 1 aromatic carbocycles.